The van der Waals surface area contributed by atoms with E-state index in [1.54, 1.807) is 0 Å². The Bertz CT molecular complexity index is 1110. The van der Waals surface area contributed by atoms with Gasteiger partial charge in [0.1, 0.15) is 5.82 Å². The zero-order valence-corrected chi connectivity index (χ0v) is 19.1. The lowest BCUT2D eigenvalue weighted by Crippen LogP contribution is -2.06. The first-order chi connectivity index (χ1) is 15.6. The summed E-state index contributed by atoms with van der Waals surface area (Å²) in [5, 5.41) is 19.3. The third kappa shape index (κ3) is 5.28. The predicted octanol–water partition coefficient (Wildman–Crippen LogP) is 5.10. The van der Waals surface area contributed by atoms with Crippen molar-refractivity contribution in [2.24, 2.45) is 5.92 Å². The van der Waals surface area contributed by atoms with Gasteiger partial charge in [0, 0.05) is 24.9 Å². The number of aromatic amines is 1. The van der Waals surface area contributed by atoms with Crippen LogP contribution in [0.25, 0.3) is 22.5 Å². The van der Waals surface area contributed by atoms with Crippen LogP contribution in [0, 0.1) is 5.92 Å². The van der Waals surface area contributed by atoms with Crippen molar-refractivity contribution < 1.29 is 0 Å². The van der Waals surface area contributed by atoms with Crippen molar-refractivity contribution in [2.75, 3.05) is 0 Å². The van der Waals surface area contributed by atoms with E-state index in [4.69, 9.17) is 10.1 Å². The van der Waals surface area contributed by atoms with Crippen LogP contribution in [-0.2, 0) is 19.4 Å². The fourth-order valence-electron chi connectivity index (χ4n) is 3.76. The maximum absolute atomic E-state index is 4.88. The Balaban J connectivity index is 1.54. The lowest BCUT2D eigenvalue weighted by molar-refractivity contribution is 0.536. The topological polar surface area (TPSA) is 85.2 Å². The predicted molar refractivity (Wildman–Crippen MR) is 126 cm³/mol. The summed E-state index contributed by atoms with van der Waals surface area (Å²) in [6.07, 6.45) is 5.10. The molecule has 2 heterocycles. The molecule has 4 rings (SSSR count). The molecule has 7 heteroatoms. The number of H-pyrrole nitrogens is 1. The number of rotatable bonds is 10. The smallest absolute Gasteiger partial charge is 0.205 e. The average Bonchev–Trinajstić information content (AvgIpc) is 3.47. The van der Waals surface area contributed by atoms with Gasteiger partial charge in [-0.2, -0.15) is 10.3 Å². The van der Waals surface area contributed by atoms with Crippen molar-refractivity contribution in [3.8, 4) is 22.5 Å². The molecule has 0 saturated carbocycles. The van der Waals surface area contributed by atoms with Crippen molar-refractivity contribution in [3.63, 3.8) is 0 Å². The number of tetrazole rings is 1. The molecule has 0 aliphatic carbocycles. The summed E-state index contributed by atoms with van der Waals surface area (Å²) in [5.74, 6) is 3.28. The summed E-state index contributed by atoms with van der Waals surface area (Å²) in [6, 6.07) is 16.8. The van der Waals surface area contributed by atoms with Crippen LogP contribution in [0.15, 0.2) is 48.5 Å². The summed E-state index contributed by atoms with van der Waals surface area (Å²) in [4.78, 5) is 4.88. The Kier molecular flexibility index (Phi) is 7.04. The molecule has 2 aromatic heterocycles. The molecule has 0 unspecified atom stereocenters. The molecule has 2 aromatic carbocycles. The van der Waals surface area contributed by atoms with Crippen LogP contribution in [-0.4, -0.2) is 35.4 Å². The number of aromatic nitrogens is 7. The number of benzene rings is 2. The largest absolute Gasteiger partial charge is 0.249 e. The second kappa shape index (κ2) is 10.3. The third-order valence-electron chi connectivity index (χ3n) is 5.60. The van der Waals surface area contributed by atoms with Crippen LogP contribution in [0.5, 0.6) is 0 Å². The maximum Gasteiger partial charge on any atom is 0.205 e. The van der Waals surface area contributed by atoms with Crippen molar-refractivity contribution in [3.05, 3.63) is 65.7 Å². The van der Waals surface area contributed by atoms with E-state index in [0.717, 1.165) is 67.0 Å². The van der Waals surface area contributed by atoms with Gasteiger partial charge >= 0.3 is 0 Å². The molecule has 0 aliphatic rings. The highest BCUT2D eigenvalue weighted by Gasteiger charge is 2.13. The van der Waals surface area contributed by atoms with E-state index in [9.17, 15) is 0 Å². The highest BCUT2D eigenvalue weighted by molar-refractivity contribution is 5.80. The second-order valence-electron chi connectivity index (χ2n) is 8.61. The van der Waals surface area contributed by atoms with Crippen molar-refractivity contribution in [1.82, 2.24) is 35.4 Å². The molecule has 0 fully saturated rings. The standard InChI is InChI=1S/C25H31N7/c1-4-5-16-32-24(26-23(29-32)15-10-18(2)3)17-19-11-13-20(14-12-19)21-8-6-7-9-22(21)25-27-30-31-28-25/h6-9,11-14,18H,4-5,10,15-17H2,1-3H3,(H,27,28,30,31). The Labute approximate surface area is 189 Å². The fourth-order valence-corrected chi connectivity index (χ4v) is 3.76. The van der Waals surface area contributed by atoms with Gasteiger partial charge in [-0.25, -0.2) is 9.67 Å². The number of nitrogens with zero attached hydrogens (tertiary/aromatic N) is 6. The molecular weight excluding hydrogens is 398 g/mol. The Morgan fingerprint density at radius 1 is 1.00 bits per heavy atom. The Hall–Kier alpha value is -3.35. The van der Waals surface area contributed by atoms with Gasteiger partial charge in [0.05, 0.1) is 0 Å². The van der Waals surface area contributed by atoms with E-state index in [1.807, 2.05) is 18.2 Å². The molecule has 166 valence electrons. The normalized spacial score (nSPS) is 11.4. The van der Waals surface area contributed by atoms with E-state index in [0.29, 0.717) is 11.7 Å². The molecule has 1 N–H and O–H groups in total. The lowest BCUT2D eigenvalue weighted by Gasteiger charge is -2.09. The highest BCUT2D eigenvalue weighted by Crippen LogP contribution is 2.30. The van der Waals surface area contributed by atoms with Gasteiger partial charge in [-0.3, -0.25) is 0 Å². The van der Waals surface area contributed by atoms with Crippen molar-refractivity contribution in [1.29, 1.82) is 0 Å². The number of hydrogen-bond donors (Lipinski definition) is 1. The zero-order valence-electron chi connectivity index (χ0n) is 19.1. The monoisotopic (exact) mass is 429 g/mol. The molecule has 0 saturated heterocycles. The summed E-state index contributed by atoms with van der Waals surface area (Å²) < 4.78 is 2.11. The molecule has 0 atom stereocenters. The van der Waals surface area contributed by atoms with E-state index >= 15 is 0 Å². The van der Waals surface area contributed by atoms with E-state index < -0.39 is 0 Å². The van der Waals surface area contributed by atoms with E-state index in [2.05, 4.69) is 76.4 Å². The molecule has 0 amide bonds. The first-order valence-electron chi connectivity index (χ1n) is 11.5. The minimum Gasteiger partial charge on any atom is -0.249 e. The van der Waals surface area contributed by atoms with Gasteiger partial charge in [0.15, 0.2) is 5.82 Å². The molecule has 7 nitrogen and oxygen atoms in total. The van der Waals surface area contributed by atoms with Crippen LogP contribution in [0.3, 0.4) is 0 Å². The molecule has 0 aliphatic heterocycles. The molecule has 32 heavy (non-hydrogen) atoms. The van der Waals surface area contributed by atoms with Gasteiger partial charge in [-0.1, -0.05) is 75.7 Å². The Morgan fingerprint density at radius 2 is 1.78 bits per heavy atom. The second-order valence-corrected chi connectivity index (χ2v) is 8.61. The SMILES string of the molecule is CCCCn1nc(CCC(C)C)nc1Cc1ccc(-c2ccccc2-c2nn[nH]n2)cc1. The van der Waals surface area contributed by atoms with Crippen molar-refractivity contribution in [2.45, 2.75) is 59.4 Å². The summed E-state index contributed by atoms with van der Waals surface area (Å²) in [6.45, 7) is 7.62. The summed E-state index contributed by atoms with van der Waals surface area (Å²) in [5.41, 5.74) is 4.40. The van der Waals surface area contributed by atoms with Gasteiger partial charge in [-0.15, -0.1) is 10.2 Å². The van der Waals surface area contributed by atoms with Crippen molar-refractivity contribution >= 4 is 0 Å². The van der Waals surface area contributed by atoms with E-state index in [1.165, 1.54) is 5.56 Å². The average molecular weight is 430 g/mol. The molecule has 0 spiro atoms. The number of unbranched alkanes of at least 4 members (excludes halogenated alkanes) is 1. The third-order valence-corrected chi connectivity index (χ3v) is 5.60. The molecule has 4 aromatic rings. The van der Waals surface area contributed by atoms with Gasteiger partial charge in [-0.05, 0) is 40.7 Å². The van der Waals surface area contributed by atoms with Crippen LogP contribution in [0.4, 0.5) is 0 Å². The van der Waals surface area contributed by atoms with Crippen LogP contribution >= 0.6 is 0 Å². The van der Waals surface area contributed by atoms with Gasteiger partial charge in [0.2, 0.25) is 5.82 Å². The number of aryl methyl sites for hydroxylation is 2. The minimum atomic E-state index is 0.600. The molecule has 0 bridgehead atoms. The quantitative estimate of drug-likeness (QED) is 0.379. The van der Waals surface area contributed by atoms with Gasteiger partial charge in [0.25, 0.3) is 0 Å². The van der Waals surface area contributed by atoms with Crippen LogP contribution < -0.4 is 0 Å². The van der Waals surface area contributed by atoms with E-state index in [-0.39, 0.29) is 0 Å². The minimum absolute atomic E-state index is 0.600. The summed E-state index contributed by atoms with van der Waals surface area (Å²) in [7, 11) is 0. The maximum atomic E-state index is 4.88. The fraction of sp³-hybridized carbons (Fsp3) is 0.400. The zero-order chi connectivity index (χ0) is 22.3. The lowest BCUT2D eigenvalue weighted by atomic mass is 9.98. The Morgan fingerprint density at radius 3 is 2.47 bits per heavy atom. The van der Waals surface area contributed by atoms with Crippen LogP contribution in [0.2, 0.25) is 0 Å². The number of nitrogens with one attached hydrogen (secondary N) is 1. The highest BCUT2D eigenvalue weighted by atomic mass is 15.5. The van der Waals surface area contributed by atoms with Gasteiger partial charge < -0.3 is 0 Å². The first-order valence-corrected chi connectivity index (χ1v) is 11.5. The number of hydrogen-bond acceptors (Lipinski definition) is 5. The molecular formula is C25H31N7. The molecule has 0 radical (unpaired) electrons. The first kappa shape index (κ1) is 21.9. The van der Waals surface area contributed by atoms with Crippen LogP contribution in [0.1, 0.15) is 57.2 Å². The summed E-state index contributed by atoms with van der Waals surface area (Å²) >= 11 is 0.